The lowest BCUT2D eigenvalue weighted by atomic mass is 9.93. The first-order valence-electron chi connectivity index (χ1n) is 5.77. The second-order valence-corrected chi connectivity index (χ2v) is 5.22. The molecule has 4 nitrogen and oxygen atoms in total. The van der Waals surface area contributed by atoms with Crippen LogP contribution in [0.5, 0.6) is 0 Å². The van der Waals surface area contributed by atoms with Gasteiger partial charge < -0.3 is 15.7 Å². The second-order valence-electron chi connectivity index (χ2n) is 5.22. The summed E-state index contributed by atoms with van der Waals surface area (Å²) in [5, 5.41) is 9.16. The van der Waals surface area contributed by atoms with E-state index in [1.807, 2.05) is 12.1 Å². The summed E-state index contributed by atoms with van der Waals surface area (Å²) in [5.41, 5.74) is 8.17. The van der Waals surface area contributed by atoms with Gasteiger partial charge in [0.2, 0.25) is 0 Å². The molecular formula is C13H18N2O2. The third kappa shape index (κ3) is 2.07. The molecule has 0 saturated carbocycles. The van der Waals surface area contributed by atoms with E-state index in [0.717, 1.165) is 24.3 Å². The molecule has 17 heavy (non-hydrogen) atoms. The molecule has 4 heteroatoms. The van der Waals surface area contributed by atoms with Crippen LogP contribution in [-0.2, 0) is 11.2 Å². The number of nitrogens with zero attached hydrogens (tertiary/aromatic N) is 1. The zero-order chi connectivity index (χ0) is 12.6. The van der Waals surface area contributed by atoms with Crippen molar-refractivity contribution in [2.75, 3.05) is 23.7 Å². The first-order valence-corrected chi connectivity index (χ1v) is 5.77. The smallest absolute Gasteiger partial charge is 0.310 e. The Morgan fingerprint density at radius 1 is 1.53 bits per heavy atom. The maximum Gasteiger partial charge on any atom is 0.310 e. The quantitative estimate of drug-likeness (QED) is 0.782. The van der Waals surface area contributed by atoms with Gasteiger partial charge in [0.15, 0.2) is 0 Å². The number of hydrogen-bond donors (Lipinski definition) is 2. The van der Waals surface area contributed by atoms with Gasteiger partial charge in [-0.2, -0.15) is 0 Å². The predicted octanol–water partition coefficient (Wildman–Crippen LogP) is 1.74. The maximum atomic E-state index is 11.1. The van der Waals surface area contributed by atoms with E-state index >= 15 is 0 Å². The molecular weight excluding hydrogens is 216 g/mol. The fourth-order valence-corrected chi connectivity index (χ4v) is 2.27. The van der Waals surface area contributed by atoms with Crippen LogP contribution in [0.3, 0.4) is 0 Å². The average molecular weight is 234 g/mol. The van der Waals surface area contributed by atoms with Crippen LogP contribution in [0.25, 0.3) is 0 Å². The molecule has 0 aromatic heterocycles. The normalized spacial score (nSPS) is 14.8. The highest BCUT2D eigenvalue weighted by atomic mass is 16.4. The van der Waals surface area contributed by atoms with Crippen molar-refractivity contribution in [2.24, 2.45) is 5.41 Å². The SMILES string of the molecule is CC(C)(CN1CCc2cccc(N)c21)C(=O)O. The Morgan fingerprint density at radius 3 is 2.88 bits per heavy atom. The molecule has 0 atom stereocenters. The number of fused-ring (bicyclic) bond motifs is 1. The van der Waals surface area contributed by atoms with E-state index in [-0.39, 0.29) is 0 Å². The monoisotopic (exact) mass is 234 g/mol. The molecule has 0 amide bonds. The van der Waals surface area contributed by atoms with Gasteiger partial charge in [0, 0.05) is 13.1 Å². The Morgan fingerprint density at radius 2 is 2.24 bits per heavy atom. The van der Waals surface area contributed by atoms with Crippen LogP contribution in [0.2, 0.25) is 0 Å². The number of para-hydroxylation sites is 1. The highest BCUT2D eigenvalue weighted by molar-refractivity contribution is 5.78. The van der Waals surface area contributed by atoms with Gasteiger partial charge in [-0.3, -0.25) is 4.79 Å². The van der Waals surface area contributed by atoms with E-state index in [9.17, 15) is 4.79 Å². The number of nitrogen functional groups attached to an aromatic ring is 1. The van der Waals surface area contributed by atoms with Crippen molar-refractivity contribution in [2.45, 2.75) is 20.3 Å². The standard InChI is InChI=1S/C13H18N2O2/c1-13(2,12(16)17)8-15-7-6-9-4-3-5-10(14)11(9)15/h3-5H,6-8,14H2,1-2H3,(H,16,17). The summed E-state index contributed by atoms with van der Waals surface area (Å²) >= 11 is 0. The zero-order valence-corrected chi connectivity index (χ0v) is 10.2. The van der Waals surface area contributed by atoms with Crippen molar-refractivity contribution in [3.63, 3.8) is 0 Å². The molecule has 0 unspecified atom stereocenters. The van der Waals surface area contributed by atoms with Crippen molar-refractivity contribution in [3.05, 3.63) is 23.8 Å². The lowest BCUT2D eigenvalue weighted by molar-refractivity contribution is -0.146. The number of carboxylic acids is 1. The van der Waals surface area contributed by atoms with E-state index in [0.29, 0.717) is 6.54 Å². The molecule has 1 aliphatic heterocycles. The number of carbonyl (C=O) groups is 1. The van der Waals surface area contributed by atoms with Crippen molar-refractivity contribution in [3.8, 4) is 0 Å². The average Bonchev–Trinajstić information content (AvgIpc) is 2.62. The second kappa shape index (κ2) is 3.95. The minimum atomic E-state index is -0.777. The zero-order valence-electron chi connectivity index (χ0n) is 10.2. The maximum absolute atomic E-state index is 11.1. The van der Waals surface area contributed by atoms with Crippen LogP contribution in [0.15, 0.2) is 18.2 Å². The highest BCUT2D eigenvalue weighted by Crippen LogP contribution is 2.35. The first kappa shape index (κ1) is 11.8. The third-order valence-electron chi connectivity index (χ3n) is 3.28. The summed E-state index contributed by atoms with van der Waals surface area (Å²) in [5.74, 6) is -0.777. The lowest BCUT2D eigenvalue weighted by Crippen LogP contribution is -2.38. The summed E-state index contributed by atoms with van der Waals surface area (Å²) in [4.78, 5) is 13.2. The summed E-state index contributed by atoms with van der Waals surface area (Å²) in [6, 6.07) is 5.87. The summed E-state index contributed by atoms with van der Waals surface area (Å²) in [6.45, 7) is 4.82. The Balaban J connectivity index is 2.26. The Labute approximate surface area is 101 Å². The topological polar surface area (TPSA) is 66.6 Å². The molecule has 2 rings (SSSR count). The van der Waals surface area contributed by atoms with Crippen LogP contribution in [0.1, 0.15) is 19.4 Å². The van der Waals surface area contributed by atoms with E-state index in [4.69, 9.17) is 10.8 Å². The number of nitrogens with two attached hydrogens (primary N) is 1. The van der Waals surface area contributed by atoms with E-state index in [2.05, 4.69) is 11.0 Å². The van der Waals surface area contributed by atoms with E-state index < -0.39 is 11.4 Å². The van der Waals surface area contributed by atoms with Crippen molar-refractivity contribution in [1.29, 1.82) is 0 Å². The fourth-order valence-electron chi connectivity index (χ4n) is 2.27. The third-order valence-corrected chi connectivity index (χ3v) is 3.28. The molecule has 1 aliphatic rings. The number of aliphatic carboxylic acids is 1. The van der Waals surface area contributed by atoms with Crippen LogP contribution >= 0.6 is 0 Å². The van der Waals surface area contributed by atoms with Crippen LogP contribution in [0, 0.1) is 5.41 Å². The molecule has 0 bridgehead atoms. The van der Waals surface area contributed by atoms with Gasteiger partial charge in [-0.25, -0.2) is 0 Å². The largest absolute Gasteiger partial charge is 0.481 e. The van der Waals surface area contributed by atoms with Gasteiger partial charge in [-0.15, -0.1) is 0 Å². The minimum Gasteiger partial charge on any atom is -0.481 e. The predicted molar refractivity (Wildman–Crippen MR) is 68.2 cm³/mol. The Bertz CT molecular complexity index is 455. The number of rotatable bonds is 3. The van der Waals surface area contributed by atoms with Gasteiger partial charge in [0.1, 0.15) is 0 Å². The Hall–Kier alpha value is -1.71. The first-order chi connectivity index (χ1) is 7.92. The minimum absolute atomic E-state index is 0.490. The molecule has 92 valence electrons. The van der Waals surface area contributed by atoms with E-state index in [1.165, 1.54) is 5.56 Å². The van der Waals surface area contributed by atoms with Gasteiger partial charge in [0.25, 0.3) is 0 Å². The van der Waals surface area contributed by atoms with Gasteiger partial charge in [-0.05, 0) is 31.9 Å². The van der Waals surface area contributed by atoms with Gasteiger partial charge in [0.05, 0.1) is 16.8 Å². The lowest BCUT2D eigenvalue weighted by Gasteiger charge is -2.29. The number of anilines is 2. The molecule has 0 aliphatic carbocycles. The van der Waals surface area contributed by atoms with Crippen molar-refractivity contribution >= 4 is 17.3 Å². The number of carboxylic acid groups (broad SMARTS) is 1. The molecule has 0 saturated heterocycles. The number of benzene rings is 1. The summed E-state index contributed by atoms with van der Waals surface area (Å²) < 4.78 is 0. The van der Waals surface area contributed by atoms with Gasteiger partial charge in [-0.1, -0.05) is 12.1 Å². The molecule has 1 heterocycles. The van der Waals surface area contributed by atoms with Crippen molar-refractivity contribution < 1.29 is 9.90 Å². The van der Waals surface area contributed by atoms with Crippen LogP contribution in [-0.4, -0.2) is 24.2 Å². The molecule has 1 aromatic rings. The van der Waals surface area contributed by atoms with Crippen LogP contribution in [0.4, 0.5) is 11.4 Å². The highest BCUT2D eigenvalue weighted by Gasteiger charge is 2.33. The molecule has 0 spiro atoms. The fraction of sp³-hybridized carbons (Fsp3) is 0.462. The van der Waals surface area contributed by atoms with Crippen LogP contribution < -0.4 is 10.6 Å². The Kier molecular flexibility index (Phi) is 2.73. The number of hydrogen-bond acceptors (Lipinski definition) is 3. The van der Waals surface area contributed by atoms with E-state index in [1.54, 1.807) is 13.8 Å². The molecule has 0 fully saturated rings. The molecule has 0 radical (unpaired) electrons. The molecule has 1 aromatic carbocycles. The molecule has 3 N–H and O–H groups in total. The van der Waals surface area contributed by atoms with Gasteiger partial charge >= 0.3 is 5.97 Å². The van der Waals surface area contributed by atoms with Crippen molar-refractivity contribution in [1.82, 2.24) is 0 Å². The summed E-state index contributed by atoms with van der Waals surface area (Å²) in [6.07, 6.45) is 0.941. The summed E-state index contributed by atoms with van der Waals surface area (Å²) in [7, 11) is 0.